The minimum atomic E-state index is -4.52. The minimum Gasteiger partial charge on any atom is -0.595 e. The van der Waals surface area contributed by atoms with E-state index in [9.17, 15) is 29.0 Å². The van der Waals surface area contributed by atoms with Crippen LogP contribution in [0.15, 0.2) is 89.5 Å². The first kappa shape index (κ1) is 48.7. The number of quaternary nitrogens is 1. The van der Waals surface area contributed by atoms with Gasteiger partial charge in [-0.05, 0) is 96.3 Å². The lowest BCUT2D eigenvalue weighted by Gasteiger charge is -2.45. The van der Waals surface area contributed by atoms with Crippen molar-refractivity contribution in [3.8, 4) is 5.88 Å². The van der Waals surface area contributed by atoms with Gasteiger partial charge in [-0.25, -0.2) is 13.6 Å². The number of piperazine rings is 1. The molecule has 7 N–H and O–H groups in total. The van der Waals surface area contributed by atoms with Gasteiger partial charge < -0.3 is 54.5 Å². The summed E-state index contributed by atoms with van der Waals surface area (Å²) in [5.41, 5.74) is 5.49. The molecule has 0 radical (unpaired) electrons. The van der Waals surface area contributed by atoms with E-state index in [0.717, 1.165) is 49.5 Å². The third-order valence-corrected chi connectivity index (χ3v) is 15.7. The summed E-state index contributed by atoms with van der Waals surface area (Å²) in [6.07, 6.45) is 3.24. The average molecular weight is 1000 g/mol. The topological polar surface area (TPSA) is 222 Å². The van der Waals surface area contributed by atoms with Crippen LogP contribution in [0, 0.1) is 10.6 Å². The Kier molecular flexibility index (Phi) is 13.9. The zero-order valence-corrected chi connectivity index (χ0v) is 40.9. The Bertz CT molecular complexity index is 2840. The third kappa shape index (κ3) is 10.4. The number of ether oxygens (including phenoxy) is 4. The fraction of sp³-hybridized carbons (Fsp3) is 0.460. The van der Waals surface area contributed by atoms with Gasteiger partial charge in [0.25, 0.3) is 0 Å². The number of aliphatic hydroxyl groups is 2. The molecular weight excluding hydrogens is 940 g/mol. The molecule has 4 aliphatic heterocycles. The second-order valence-electron chi connectivity index (χ2n) is 19.8. The Hall–Kier alpha value is -4.87. The molecule has 6 heterocycles. The number of aromatic amines is 1. The normalized spacial score (nSPS) is 22.9. The maximum absolute atomic E-state index is 14.1. The number of halogens is 1. The first-order chi connectivity index (χ1) is 33.6. The molecule has 0 spiro atoms. The van der Waals surface area contributed by atoms with E-state index in [0.29, 0.717) is 80.4 Å². The number of hydrogen-bond acceptors (Lipinski definition) is 15. The molecule has 0 bridgehead atoms. The second kappa shape index (κ2) is 20.0. The molecule has 374 valence electrons. The van der Waals surface area contributed by atoms with Crippen molar-refractivity contribution in [2.45, 2.75) is 68.4 Å². The third-order valence-electron chi connectivity index (χ3n) is 14.1. The molecule has 0 amide bonds. The Morgan fingerprint density at radius 1 is 0.986 bits per heavy atom. The lowest BCUT2D eigenvalue weighted by molar-refractivity contribution is -0.990. The molecule has 3 aromatic carbocycles. The van der Waals surface area contributed by atoms with Gasteiger partial charge in [-0.2, -0.15) is 14.9 Å². The molecule has 20 heteroatoms. The van der Waals surface area contributed by atoms with Gasteiger partial charge in [-0.3, -0.25) is 4.90 Å². The Balaban J connectivity index is 0.974. The van der Waals surface area contributed by atoms with Crippen molar-refractivity contribution in [3.05, 3.63) is 106 Å². The number of aliphatic hydroxyl groups excluding tert-OH is 1. The highest BCUT2D eigenvalue weighted by molar-refractivity contribution is 7.89. The number of fused-ring (bicyclic) bond motifs is 4. The lowest BCUT2D eigenvalue weighted by Crippen LogP contribution is -2.99. The molecule has 3 unspecified atom stereocenters. The van der Waals surface area contributed by atoms with Crippen molar-refractivity contribution in [2.24, 2.45) is 5.41 Å². The number of H-pyrrole nitrogens is 1. The van der Waals surface area contributed by atoms with Crippen LogP contribution in [-0.2, 0) is 24.2 Å². The number of benzene rings is 3. The predicted molar refractivity (Wildman–Crippen MR) is 266 cm³/mol. The van der Waals surface area contributed by atoms with Crippen molar-refractivity contribution in [2.75, 3.05) is 94.0 Å². The van der Waals surface area contributed by atoms with Crippen molar-refractivity contribution in [3.63, 3.8) is 0 Å². The molecule has 5 aromatic rings. The quantitative estimate of drug-likeness (QED) is 0.0664. The standard InChI is InChI=1S/C50H61ClN8O10S/c1-49(2)24-39(32-5-7-34(51)8-6-32)40-27-57-17-16-56(26-36(57)28-66-18-4-20-68-45(40)25-49)35-9-11-38(42(22-35)58-15-3-19-69-48-44(58)21-33-13-14-52-46(33)54-48)47(60)55-70(64,65)37-10-12-41(43(23-37)59(62)63)53-29-50(61)30-67-31-50/h5-14,21-23,36,45,47,53,55,59-62H,3-4,15-20,24-31H2,1-2H3,(H,52,54)/t36?,45-,47?/m1/s1. The highest BCUT2D eigenvalue weighted by Crippen LogP contribution is 2.46. The molecule has 70 heavy (non-hydrogen) atoms. The van der Waals surface area contributed by atoms with E-state index in [1.54, 1.807) is 12.3 Å². The monoisotopic (exact) mass is 1000 g/mol. The number of nitrogens with zero attached hydrogens (tertiary/aromatic N) is 4. The van der Waals surface area contributed by atoms with Crippen LogP contribution in [0.1, 0.15) is 56.9 Å². The maximum Gasteiger partial charge on any atom is 0.243 e. The van der Waals surface area contributed by atoms with Gasteiger partial charge in [0.05, 0.1) is 54.8 Å². The van der Waals surface area contributed by atoms with Crippen LogP contribution < -0.4 is 29.8 Å². The number of anilines is 4. The molecular formula is C50H61ClN8O10S. The lowest BCUT2D eigenvalue weighted by atomic mass is 9.71. The SMILES string of the molecule is CC1(C)CC(c2ccc(Cl)cc2)=C2CN3CCN(c4ccc(C(O)NS(=O)(=O)c5ccc(NCC6(O)COC6)c([NH+]([O-])O)c5)c(N5CCCOc6nc7[nH]ccc7cc65)c4)CC3COCCCO[C@@H]2C1. The highest BCUT2D eigenvalue weighted by atomic mass is 35.5. The first-order valence-corrected chi connectivity index (χ1v) is 25.8. The van der Waals surface area contributed by atoms with Crippen LogP contribution in [0.5, 0.6) is 5.88 Å². The van der Waals surface area contributed by atoms with Crippen LogP contribution >= 0.6 is 11.6 Å². The van der Waals surface area contributed by atoms with Crippen molar-refractivity contribution in [1.29, 1.82) is 0 Å². The summed E-state index contributed by atoms with van der Waals surface area (Å²) < 4.78 is 55.0. The van der Waals surface area contributed by atoms with E-state index in [-0.39, 0.29) is 59.2 Å². The summed E-state index contributed by atoms with van der Waals surface area (Å²) in [5.74, 6) is 0.398. The summed E-state index contributed by atoms with van der Waals surface area (Å²) in [6, 6.07) is 21.3. The van der Waals surface area contributed by atoms with Gasteiger partial charge >= 0.3 is 0 Å². The summed E-state index contributed by atoms with van der Waals surface area (Å²) >= 11 is 6.37. The maximum atomic E-state index is 14.1. The number of pyridine rings is 1. The molecule has 3 saturated heterocycles. The number of sulfonamides is 1. The van der Waals surface area contributed by atoms with Crippen molar-refractivity contribution in [1.82, 2.24) is 19.6 Å². The smallest absolute Gasteiger partial charge is 0.243 e. The molecule has 18 nitrogen and oxygen atoms in total. The fourth-order valence-corrected chi connectivity index (χ4v) is 11.5. The van der Waals surface area contributed by atoms with E-state index >= 15 is 0 Å². The van der Waals surface area contributed by atoms with E-state index in [4.69, 9.17) is 35.5 Å². The number of nitrogens with one attached hydrogen (secondary N) is 4. The van der Waals surface area contributed by atoms with E-state index in [1.165, 1.54) is 28.8 Å². The molecule has 2 aromatic heterocycles. The van der Waals surface area contributed by atoms with Gasteiger partial charge in [0.1, 0.15) is 23.2 Å². The van der Waals surface area contributed by atoms with Crippen molar-refractivity contribution < 1.29 is 48.0 Å². The summed E-state index contributed by atoms with van der Waals surface area (Å²) in [7, 11) is -4.52. The molecule has 10 rings (SSSR count). The average Bonchev–Trinajstić information content (AvgIpc) is 3.67. The zero-order valence-electron chi connectivity index (χ0n) is 39.3. The van der Waals surface area contributed by atoms with Gasteiger partial charge in [0.15, 0.2) is 5.69 Å². The Morgan fingerprint density at radius 3 is 2.60 bits per heavy atom. The number of hydrogen-bond donors (Lipinski definition) is 7. The molecule has 5 aliphatic rings. The van der Waals surface area contributed by atoms with Gasteiger partial charge in [0.2, 0.25) is 15.9 Å². The van der Waals surface area contributed by atoms with E-state index in [2.05, 4.69) is 50.8 Å². The van der Waals surface area contributed by atoms with Crippen LogP contribution in [0.3, 0.4) is 0 Å². The van der Waals surface area contributed by atoms with Gasteiger partial charge in [0, 0.05) is 86.4 Å². The highest BCUT2D eigenvalue weighted by Gasteiger charge is 2.39. The van der Waals surface area contributed by atoms with Crippen molar-refractivity contribution >= 4 is 66.7 Å². The van der Waals surface area contributed by atoms with E-state index < -0.39 is 27.1 Å². The largest absolute Gasteiger partial charge is 0.595 e. The molecule has 0 saturated carbocycles. The number of rotatable bonds is 11. The van der Waals surface area contributed by atoms with Gasteiger partial charge in [-0.15, -0.1) is 0 Å². The first-order valence-electron chi connectivity index (χ1n) is 23.9. The minimum absolute atomic E-state index is 0.00767. The zero-order chi connectivity index (χ0) is 48.8. The number of allylic oxidation sites excluding steroid dienone is 1. The Labute approximate surface area is 412 Å². The van der Waals surface area contributed by atoms with Crippen LogP contribution in [0.2, 0.25) is 5.02 Å². The predicted octanol–water partition coefficient (Wildman–Crippen LogP) is 5.25. The van der Waals surface area contributed by atoms with E-state index in [1.807, 2.05) is 41.3 Å². The Morgan fingerprint density at radius 2 is 1.81 bits per heavy atom. The summed E-state index contributed by atoms with van der Waals surface area (Å²) in [6.45, 7) is 10.2. The number of aromatic nitrogens is 2. The molecule has 4 atom stereocenters. The summed E-state index contributed by atoms with van der Waals surface area (Å²) in [5, 5.41) is 48.1. The molecule has 1 aliphatic carbocycles. The fourth-order valence-electron chi connectivity index (χ4n) is 10.3. The summed E-state index contributed by atoms with van der Waals surface area (Å²) in [4.78, 5) is 14.5. The van der Waals surface area contributed by atoms with Gasteiger partial charge in [-0.1, -0.05) is 43.6 Å². The van der Waals surface area contributed by atoms with Crippen LogP contribution in [0.25, 0.3) is 16.6 Å². The second-order valence-corrected chi connectivity index (χ2v) is 22.0. The van der Waals surface area contributed by atoms with Crippen LogP contribution in [-0.4, -0.2) is 135 Å². The molecule has 3 fully saturated rings. The van der Waals surface area contributed by atoms with Crippen LogP contribution in [0.4, 0.5) is 28.4 Å².